The van der Waals surface area contributed by atoms with Crippen molar-refractivity contribution in [3.63, 3.8) is 0 Å². The van der Waals surface area contributed by atoms with E-state index in [0.29, 0.717) is 18.6 Å². The highest BCUT2D eigenvalue weighted by Crippen LogP contribution is 2.37. The van der Waals surface area contributed by atoms with E-state index in [1.54, 1.807) is 11.8 Å². The molecule has 3 heteroatoms. The fraction of sp³-hybridized carbons (Fsp3) is 0.600. The summed E-state index contributed by atoms with van der Waals surface area (Å²) in [5.74, 6) is 0.884. The van der Waals surface area contributed by atoms with Gasteiger partial charge in [-0.2, -0.15) is 0 Å². The third-order valence-corrected chi connectivity index (χ3v) is 4.91. The van der Waals surface area contributed by atoms with E-state index in [1.807, 2.05) is 0 Å². The maximum atomic E-state index is 5.99. The van der Waals surface area contributed by atoms with E-state index in [4.69, 9.17) is 5.73 Å². The van der Waals surface area contributed by atoms with Crippen molar-refractivity contribution in [1.29, 1.82) is 0 Å². The van der Waals surface area contributed by atoms with Gasteiger partial charge in [0.15, 0.2) is 0 Å². The summed E-state index contributed by atoms with van der Waals surface area (Å²) in [5, 5.41) is 0. The largest absolute Gasteiger partial charge is 0.329 e. The Labute approximate surface area is 115 Å². The Morgan fingerprint density at radius 3 is 2.39 bits per heavy atom. The molecule has 0 aromatic heterocycles. The van der Waals surface area contributed by atoms with Crippen LogP contribution in [0.25, 0.3) is 0 Å². The van der Waals surface area contributed by atoms with E-state index >= 15 is 0 Å². The van der Waals surface area contributed by atoms with Gasteiger partial charge in [0, 0.05) is 23.5 Å². The number of nitrogens with two attached hydrogens (primary N) is 1. The predicted molar refractivity (Wildman–Crippen MR) is 80.0 cm³/mol. The highest BCUT2D eigenvalue weighted by atomic mass is 32.2. The number of nitrogens with zero attached hydrogens (tertiary/aromatic N) is 1. The molecule has 2 unspecified atom stereocenters. The van der Waals surface area contributed by atoms with Crippen LogP contribution < -0.4 is 5.73 Å². The third kappa shape index (κ3) is 3.08. The Morgan fingerprint density at radius 1 is 1.33 bits per heavy atom. The summed E-state index contributed by atoms with van der Waals surface area (Å²) in [4.78, 5) is 3.76. The van der Waals surface area contributed by atoms with Gasteiger partial charge in [0.2, 0.25) is 0 Å². The summed E-state index contributed by atoms with van der Waals surface area (Å²) < 4.78 is 0. The Kier molecular flexibility index (Phi) is 4.71. The molecule has 1 saturated carbocycles. The van der Waals surface area contributed by atoms with Crippen LogP contribution in [0, 0.1) is 5.92 Å². The minimum Gasteiger partial charge on any atom is -0.329 e. The number of thioether (sulfide) groups is 1. The molecular formula is C15H24N2S. The molecule has 0 radical (unpaired) electrons. The van der Waals surface area contributed by atoms with Crippen molar-refractivity contribution < 1.29 is 0 Å². The molecule has 100 valence electrons. The second-order valence-electron chi connectivity index (χ2n) is 5.27. The summed E-state index contributed by atoms with van der Waals surface area (Å²) in [6.45, 7) is 3.02. The lowest BCUT2D eigenvalue weighted by Gasteiger charge is -2.33. The summed E-state index contributed by atoms with van der Waals surface area (Å²) in [6, 6.07) is 9.81. The Hall–Kier alpha value is -0.510. The van der Waals surface area contributed by atoms with Gasteiger partial charge in [0.25, 0.3) is 0 Å². The normalized spacial score (nSPS) is 18.9. The predicted octanol–water partition coefficient (Wildman–Crippen LogP) is 3.14. The number of likely N-dealkylation sites (N-methyl/N-ethyl adjacent to an activating group) is 1. The maximum absolute atomic E-state index is 5.99. The first kappa shape index (κ1) is 13.9. The van der Waals surface area contributed by atoms with Gasteiger partial charge in [0.05, 0.1) is 0 Å². The smallest absolute Gasteiger partial charge is 0.0470 e. The lowest BCUT2D eigenvalue weighted by Crippen LogP contribution is -2.38. The zero-order valence-electron chi connectivity index (χ0n) is 11.6. The fourth-order valence-electron chi connectivity index (χ4n) is 2.56. The minimum absolute atomic E-state index is 0.344. The van der Waals surface area contributed by atoms with Gasteiger partial charge in [-0.3, -0.25) is 4.90 Å². The van der Waals surface area contributed by atoms with Crippen molar-refractivity contribution in [1.82, 2.24) is 4.90 Å². The van der Waals surface area contributed by atoms with Gasteiger partial charge in [0.1, 0.15) is 0 Å². The van der Waals surface area contributed by atoms with Crippen molar-refractivity contribution in [3.05, 3.63) is 29.8 Å². The van der Waals surface area contributed by atoms with E-state index in [9.17, 15) is 0 Å². The monoisotopic (exact) mass is 264 g/mol. The van der Waals surface area contributed by atoms with Crippen molar-refractivity contribution in [2.24, 2.45) is 11.7 Å². The second kappa shape index (κ2) is 6.09. The van der Waals surface area contributed by atoms with E-state index in [1.165, 1.54) is 23.3 Å². The van der Waals surface area contributed by atoms with Gasteiger partial charge >= 0.3 is 0 Å². The van der Waals surface area contributed by atoms with Crippen LogP contribution in [-0.4, -0.2) is 30.8 Å². The SMILES string of the molecule is CSc1ccc(C(CN)N(C)C(C)C2CC2)cc1. The van der Waals surface area contributed by atoms with Crippen molar-refractivity contribution in [3.8, 4) is 0 Å². The van der Waals surface area contributed by atoms with Crippen LogP contribution in [0.3, 0.4) is 0 Å². The molecule has 0 aliphatic heterocycles. The summed E-state index contributed by atoms with van der Waals surface area (Å²) in [7, 11) is 2.21. The van der Waals surface area contributed by atoms with Crippen LogP contribution in [0.5, 0.6) is 0 Å². The molecule has 0 spiro atoms. The van der Waals surface area contributed by atoms with E-state index in [2.05, 4.69) is 49.4 Å². The first-order chi connectivity index (χ1) is 8.67. The molecule has 0 bridgehead atoms. The average Bonchev–Trinajstić information content (AvgIpc) is 3.23. The molecule has 18 heavy (non-hydrogen) atoms. The van der Waals surface area contributed by atoms with Crippen LogP contribution >= 0.6 is 11.8 Å². The van der Waals surface area contributed by atoms with E-state index < -0.39 is 0 Å². The highest BCUT2D eigenvalue weighted by molar-refractivity contribution is 7.98. The van der Waals surface area contributed by atoms with Crippen LogP contribution in [0.15, 0.2) is 29.2 Å². The number of hydrogen-bond acceptors (Lipinski definition) is 3. The van der Waals surface area contributed by atoms with E-state index in [0.717, 1.165) is 5.92 Å². The number of rotatable bonds is 6. The van der Waals surface area contributed by atoms with Crippen LogP contribution in [-0.2, 0) is 0 Å². The zero-order chi connectivity index (χ0) is 13.1. The van der Waals surface area contributed by atoms with Gasteiger partial charge in [-0.1, -0.05) is 12.1 Å². The maximum Gasteiger partial charge on any atom is 0.0470 e. The molecule has 1 aliphatic rings. The summed E-state index contributed by atoms with van der Waals surface area (Å²) >= 11 is 1.78. The molecule has 0 saturated heterocycles. The van der Waals surface area contributed by atoms with Gasteiger partial charge in [-0.25, -0.2) is 0 Å². The first-order valence-corrected chi connectivity index (χ1v) is 7.95. The summed E-state index contributed by atoms with van der Waals surface area (Å²) in [6.07, 6.45) is 4.87. The molecule has 0 heterocycles. The number of hydrogen-bond donors (Lipinski definition) is 1. The third-order valence-electron chi connectivity index (χ3n) is 4.16. The lowest BCUT2D eigenvalue weighted by molar-refractivity contribution is 0.171. The molecule has 1 aromatic carbocycles. The van der Waals surface area contributed by atoms with Gasteiger partial charge < -0.3 is 5.73 Å². The second-order valence-corrected chi connectivity index (χ2v) is 6.15. The minimum atomic E-state index is 0.344. The molecule has 0 amide bonds. The topological polar surface area (TPSA) is 29.3 Å². The summed E-state index contributed by atoms with van der Waals surface area (Å²) in [5.41, 5.74) is 7.33. The molecule has 1 aromatic rings. The van der Waals surface area contributed by atoms with Crippen LogP contribution in [0.2, 0.25) is 0 Å². The van der Waals surface area contributed by atoms with Crippen molar-refractivity contribution in [2.45, 2.75) is 36.7 Å². The molecule has 2 rings (SSSR count). The van der Waals surface area contributed by atoms with Crippen molar-refractivity contribution >= 4 is 11.8 Å². The van der Waals surface area contributed by atoms with Gasteiger partial charge in [-0.15, -0.1) is 11.8 Å². The van der Waals surface area contributed by atoms with Crippen LogP contribution in [0.4, 0.5) is 0 Å². The Balaban J connectivity index is 2.10. The first-order valence-electron chi connectivity index (χ1n) is 6.73. The van der Waals surface area contributed by atoms with Gasteiger partial charge in [-0.05, 0) is 56.7 Å². The Bertz CT molecular complexity index is 373. The average molecular weight is 264 g/mol. The molecule has 2 N–H and O–H groups in total. The molecule has 2 nitrogen and oxygen atoms in total. The standard InChI is InChI=1S/C15H24N2S/c1-11(12-4-5-12)17(2)15(10-16)13-6-8-14(18-3)9-7-13/h6-9,11-12,15H,4-5,10,16H2,1-3H3. The van der Waals surface area contributed by atoms with E-state index in [-0.39, 0.29) is 0 Å². The molecule has 2 atom stereocenters. The van der Waals surface area contributed by atoms with Crippen molar-refractivity contribution in [2.75, 3.05) is 19.8 Å². The molecule has 1 fully saturated rings. The molecular weight excluding hydrogens is 240 g/mol. The zero-order valence-corrected chi connectivity index (χ0v) is 12.4. The fourth-order valence-corrected chi connectivity index (χ4v) is 2.97. The highest BCUT2D eigenvalue weighted by Gasteiger charge is 2.33. The Morgan fingerprint density at radius 2 is 1.94 bits per heavy atom. The lowest BCUT2D eigenvalue weighted by atomic mass is 10.0. The van der Waals surface area contributed by atoms with Crippen LogP contribution in [0.1, 0.15) is 31.4 Å². The quantitative estimate of drug-likeness (QED) is 0.800. The number of benzene rings is 1. The molecule has 1 aliphatic carbocycles.